The SMILES string of the molecule is CC1(C)c2cc(/C=C/c3ccc(N4c5ccccc5C(C)(C)c5ccccc54)c4ccccc34)ccc2-c2ccc(N3CCCc4ccccc43)cc21. The van der Waals surface area contributed by atoms with Crippen LogP contribution in [0.5, 0.6) is 0 Å². The van der Waals surface area contributed by atoms with Gasteiger partial charge in [0.15, 0.2) is 0 Å². The number of benzene rings is 7. The molecule has 3 aliphatic rings. The summed E-state index contributed by atoms with van der Waals surface area (Å²) in [6.07, 6.45) is 6.94. The molecule has 1 aliphatic carbocycles. The van der Waals surface area contributed by atoms with Crippen LogP contribution in [-0.2, 0) is 17.3 Å². The summed E-state index contributed by atoms with van der Waals surface area (Å²) in [5, 5.41) is 2.50. The number of rotatable bonds is 4. The quantitative estimate of drug-likeness (QED) is 0.170. The standard InChI is InChI=1S/C51H44N2/c1-50(2)42-18-8-11-21-48(42)53(49-22-12-9-19-43(49)50)47-30-26-35(38-16-6-7-17-41(38)47)25-23-34-24-28-39-40-29-27-37(33-45(40)51(3,4)44(39)32-34)52-31-13-15-36-14-5-10-20-46(36)52/h5-12,14,16-30,32-33H,13,15,31H2,1-4H3/b25-23+. The molecule has 10 rings (SSSR count). The molecule has 53 heavy (non-hydrogen) atoms. The van der Waals surface area contributed by atoms with Crippen LogP contribution in [0.2, 0.25) is 0 Å². The van der Waals surface area contributed by atoms with Crippen molar-refractivity contribution in [3.63, 3.8) is 0 Å². The van der Waals surface area contributed by atoms with Crippen molar-refractivity contribution in [3.8, 4) is 11.1 Å². The molecule has 0 bridgehead atoms. The molecule has 7 aromatic rings. The van der Waals surface area contributed by atoms with Crippen LogP contribution in [0.1, 0.15) is 73.1 Å². The van der Waals surface area contributed by atoms with E-state index >= 15 is 0 Å². The van der Waals surface area contributed by atoms with Gasteiger partial charge >= 0.3 is 0 Å². The fourth-order valence-corrected chi connectivity index (χ4v) is 9.58. The first-order valence-corrected chi connectivity index (χ1v) is 19.1. The van der Waals surface area contributed by atoms with E-state index in [0.29, 0.717) is 0 Å². The third-order valence-electron chi connectivity index (χ3n) is 12.4. The average Bonchev–Trinajstić information content (AvgIpc) is 3.42. The van der Waals surface area contributed by atoms with Crippen LogP contribution < -0.4 is 9.80 Å². The second-order valence-electron chi connectivity index (χ2n) is 16.1. The molecule has 0 radical (unpaired) electrons. The molecule has 258 valence electrons. The Kier molecular flexibility index (Phi) is 7.11. The maximum absolute atomic E-state index is 2.52. The van der Waals surface area contributed by atoms with Gasteiger partial charge in [-0.2, -0.15) is 0 Å². The molecule has 0 saturated carbocycles. The minimum atomic E-state index is -0.0935. The fraction of sp³-hybridized carbons (Fsp3) is 0.176. The number of fused-ring (bicyclic) bond motifs is 7. The lowest BCUT2D eigenvalue weighted by Crippen LogP contribution is -2.30. The normalized spacial score (nSPS) is 16.2. The highest BCUT2D eigenvalue weighted by atomic mass is 15.2. The van der Waals surface area contributed by atoms with Crippen LogP contribution in [0.25, 0.3) is 34.1 Å². The predicted octanol–water partition coefficient (Wildman–Crippen LogP) is 13.5. The number of nitrogens with zero attached hydrogens (tertiary/aromatic N) is 2. The molecule has 0 atom stereocenters. The zero-order valence-electron chi connectivity index (χ0n) is 31.0. The van der Waals surface area contributed by atoms with E-state index in [4.69, 9.17) is 0 Å². The van der Waals surface area contributed by atoms with Gasteiger partial charge in [-0.15, -0.1) is 0 Å². The molecular weight excluding hydrogens is 641 g/mol. The summed E-state index contributed by atoms with van der Waals surface area (Å²) in [6, 6.07) is 54.4. The van der Waals surface area contributed by atoms with Gasteiger partial charge in [0, 0.05) is 34.1 Å². The van der Waals surface area contributed by atoms with Crippen LogP contribution in [0.3, 0.4) is 0 Å². The van der Waals surface area contributed by atoms with Crippen LogP contribution in [0.4, 0.5) is 28.4 Å². The van der Waals surface area contributed by atoms with E-state index < -0.39 is 0 Å². The van der Waals surface area contributed by atoms with Crippen LogP contribution in [0, 0.1) is 0 Å². The highest BCUT2D eigenvalue weighted by Crippen LogP contribution is 2.53. The Labute approximate surface area is 313 Å². The van der Waals surface area contributed by atoms with Gasteiger partial charge in [0.1, 0.15) is 0 Å². The minimum absolute atomic E-state index is 0.0875. The molecule has 0 fully saturated rings. The third kappa shape index (κ3) is 4.85. The zero-order valence-corrected chi connectivity index (χ0v) is 31.0. The van der Waals surface area contributed by atoms with Crippen molar-refractivity contribution in [2.75, 3.05) is 16.3 Å². The molecule has 0 N–H and O–H groups in total. The van der Waals surface area contributed by atoms with Gasteiger partial charge in [-0.3, -0.25) is 0 Å². The number of hydrogen-bond donors (Lipinski definition) is 0. The third-order valence-corrected chi connectivity index (χ3v) is 12.4. The maximum Gasteiger partial charge on any atom is 0.0540 e. The number of anilines is 5. The van der Waals surface area contributed by atoms with E-state index in [1.165, 1.54) is 95.7 Å². The van der Waals surface area contributed by atoms with E-state index in [-0.39, 0.29) is 10.8 Å². The molecule has 0 aromatic heterocycles. The number of hydrogen-bond acceptors (Lipinski definition) is 2. The zero-order chi connectivity index (χ0) is 35.9. The Morgan fingerprint density at radius 2 is 1.09 bits per heavy atom. The van der Waals surface area contributed by atoms with Crippen molar-refractivity contribution >= 4 is 51.4 Å². The first-order chi connectivity index (χ1) is 25.8. The molecule has 2 heterocycles. The summed E-state index contributed by atoms with van der Waals surface area (Å²) in [5.74, 6) is 0. The van der Waals surface area contributed by atoms with Crippen molar-refractivity contribution in [3.05, 3.63) is 185 Å². The second-order valence-corrected chi connectivity index (χ2v) is 16.1. The summed E-state index contributed by atoms with van der Waals surface area (Å²) in [6.45, 7) is 10.5. The predicted molar refractivity (Wildman–Crippen MR) is 225 cm³/mol. The van der Waals surface area contributed by atoms with Crippen molar-refractivity contribution < 1.29 is 0 Å². The van der Waals surface area contributed by atoms with Crippen LogP contribution in [-0.4, -0.2) is 6.54 Å². The average molecular weight is 685 g/mol. The van der Waals surface area contributed by atoms with Gasteiger partial charge in [0.25, 0.3) is 0 Å². The lowest BCUT2D eigenvalue weighted by Gasteiger charge is -2.42. The summed E-state index contributed by atoms with van der Waals surface area (Å²) >= 11 is 0. The Bertz CT molecular complexity index is 2570. The Morgan fingerprint density at radius 1 is 0.491 bits per heavy atom. The molecule has 0 unspecified atom stereocenters. The largest absolute Gasteiger partial charge is 0.341 e. The smallest absolute Gasteiger partial charge is 0.0540 e. The van der Waals surface area contributed by atoms with E-state index in [1.54, 1.807) is 0 Å². The Morgan fingerprint density at radius 3 is 1.85 bits per heavy atom. The molecule has 0 saturated heterocycles. The van der Waals surface area contributed by atoms with Crippen molar-refractivity contribution in [1.82, 2.24) is 0 Å². The number of aryl methyl sites for hydroxylation is 1. The van der Waals surface area contributed by atoms with Gasteiger partial charge in [0.05, 0.1) is 17.1 Å². The van der Waals surface area contributed by atoms with E-state index in [2.05, 4.69) is 195 Å². The molecule has 2 nitrogen and oxygen atoms in total. The monoisotopic (exact) mass is 684 g/mol. The van der Waals surface area contributed by atoms with Crippen LogP contribution in [0.15, 0.2) is 146 Å². The van der Waals surface area contributed by atoms with Gasteiger partial charge in [-0.05, 0) is 105 Å². The highest BCUT2D eigenvalue weighted by molar-refractivity contribution is 6.05. The highest BCUT2D eigenvalue weighted by Gasteiger charge is 2.38. The summed E-state index contributed by atoms with van der Waals surface area (Å²) < 4.78 is 0. The molecule has 0 amide bonds. The summed E-state index contributed by atoms with van der Waals surface area (Å²) in [5.41, 5.74) is 18.3. The minimum Gasteiger partial charge on any atom is -0.341 e. The Balaban J connectivity index is 1.00. The lowest BCUT2D eigenvalue weighted by atomic mass is 9.73. The topological polar surface area (TPSA) is 6.48 Å². The van der Waals surface area contributed by atoms with Crippen molar-refractivity contribution in [2.45, 2.75) is 51.4 Å². The second kappa shape index (κ2) is 11.8. The van der Waals surface area contributed by atoms with Gasteiger partial charge in [-0.25, -0.2) is 0 Å². The molecule has 2 aliphatic heterocycles. The van der Waals surface area contributed by atoms with Crippen LogP contribution >= 0.6 is 0 Å². The van der Waals surface area contributed by atoms with E-state index in [9.17, 15) is 0 Å². The lowest BCUT2D eigenvalue weighted by molar-refractivity contribution is 0.632. The first-order valence-electron chi connectivity index (χ1n) is 19.1. The van der Waals surface area contributed by atoms with Crippen molar-refractivity contribution in [2.24, 2.45) is 0 Å². The van der Waals surface area contributed by atoms with Gasteiger partial charge in [-0.1, -0.05) is 149 Å². The molecule has 7 aromatic carbocycles. The maximum atomic E-state index is 2.52. The van der Waals surface area contributed by atoms with E-state index in [0.717, 1.165) is 13.0 Å². The first kappa shape index (κ1) is 31.8. The number of para-hydroxylation sites is 3. The van der Waals surface area contributed by atoms with Gasteiger partial charge in [0.2, 0.25) is 0 Å². The Hall–Kier alpha value is -5.86. The summed E-state index contributed by atoms with van der Waals surface area (Å²) in [4.78, 5) is 4.99. The van der Waals surface area contributed by atoms with Gasteiger partial charge < -0.3 is 9.80 Å². The molecular formula is C51H44N2. The fourth-order valence-electron chi connectivity index (χ4n) is 9.58. The van der Waals surface area contributed by atoms with E-state index in [1.807, 2.05) is 0 Å². The summed E-state index contributed by atoms with van der Waals surface area (Å²) in [7, 11) is 0. The molecule has 0 spiro atoms. The van der Waals surface area contributed by atoms with Crippen molar-refractivity contribution in [1.29, 1.82) is 0 Å². The molecule has 2 heteroatoms.